The first-order valence-electron chi connectivity index (χ1n) is 7.86. The number of hydrogen-bond donors (Lipinski definition) is 3. The van der Waals surface area contributed by atoms with Gasteiger partial charge in [0.15, 0.2) is 0 Å². The van der Waals surface area contributed by atoms with Crippen molar-refractivity contribution in [1.82, 2.24) is 0 Å². The third-order valence-electron chi connectivity index (χ3n) is 4.48. The standard InChI is InChI=1S/C17H26O3S/c18-12-9-14(13-19)16(20)17(10-5-2-6-11-17)21-15-7-3-1-4-8-15/h1,3-4,7-8,14,16,18-20H,2,5-6,9-13H2/t14-,16+/m1/s1. The van der Waals surface area contributed by atoms with Crippen LogP contribution in [0.2, 0.25) is 0 Å². The SMILES string of the molecule is OCC[C@H](CO)[C@H](O)C1(Sc2ccccc2)CCCCC1. The van der Waals surface area contributed by atoms with Gasteiger partial charge in [0.05, 0.1) is 6.10 Å². The fourth-order valence-corrected chi connectivity index (χ4v) is 4.84. The zero-order valence-electron chi connectivity index (χ0n) is 12.4. The minimum atomic E-state index is -0.583. The molecule has 3 N–H and O–H groups in total. The van der Waals surface area contributed by atoms with Crippen LogP contribution in [0, 0.1) is 5.92 Å². The molecule has 1 fully saturated rings. The Labute approximate surface area is 131 Å². The van der Waals surface area contributed by atoms with Crippen molar-refractivity contribution < 1.29 is 15.3 Å². The van der Waals surface area contributed by atoms with Crippen LogP contribution in [-0.4, -0.2) is 39.4 Å². The Morgan fingerprint density at radius 2 is 1.71 bits per heavy atom. The summed E-state index contributed by atoms with van der Waals surface area (Å²) in [5.41, 5.74) is 0. The second-order valence-electron chi connectivity index (χ2n) is 5.94. The van der Waals surface area contributed by atoms with Gasteiger partial charge in [-0.25, -0.2) is 0 Å². The highest BCUT2D eigenvalue weighted by atomic mass is 32.2. The Morgan fingerprint density at radius 1 is 1.05 bits per heavy atom. The molecule has 0 spiro atoms. The predicted molar refractivity (Wildman–Crippen MR) is 86.4 cm³/mol. The van der Waals surface area contributed by atoms with E-state index in [0.717, 1.165) is 25.7 Å². The summed E-state index contributed by atoms with van der Waals surface area (Å²) in [5, 5.41) is 29.6. The molecule has 0 radical (unpaired) electrons. The van der Waals surface area contributed by atoms with Crippen molar-refractivity contribution >= 4 is 11.8 Å². The van der Waals surface area contributed by atoms with E-state index >= 15 is 0 Å². The van der Waals surface area contributed by atoms with E-state index in [9.17, 15) is 10.2 Å². The Morgan fingerprint density at radius 3 is 2.29 bits per heavy atom. The summed E-state index contributed by atoms with van der Waals surface area (Å²) in [4.78, 5) is 1.17. The van der Waals surface area contributed by atoms with Gasteiger partial charge in [-0.2, -0.15) is 0 Å². The van der Waals surface area contributed by atoms with Crippen LogP contribution in [0.4, 0.5) is 0 Å². The number of hydrogen-bond acceptors (Lipinski definition) is 4. The molecule has 1 aromatic rings. The van der Waals surface area contributed by atoms with Crippen molar-refractivity contribution in [1.29, 1.82) is 0 Å². The lowest BCUT2D eigenvalue weighted by atomic mass is 9.78. The van der Waals surface area contributed by atoms with Crippen LogP contribution < -0.4 is 0 Å². The maximum absolute atomic E-state index is 10.9. The fraction of sp³-hybridized carbons (Fsp3) is 0.647. The normalized spacial score (nSPS) is 20.9. The summed E-state index contributed by atoms with van der Waals surface area (Å²) in [6, 6.07) is 10.2. The van der Waals surface area contributed by atoms with E-state index in [4.69, 9.17) is 5.11 Å². The van der Waals surface area contributed by atoms with Crippen LogP contribution in [0.25, 0.3) is 0 Å². The Kier molecular flexibility index (Phi) is 6.55. The van der Waals surface area contributed by atoms with Gasteiger partial charge in [-0.3, -0.25) is 0 Å². The van der Waals surface area contributed by atoms with E-state index in [1.54, 1.807) is 11.8 Å². The van der Waals surface area contributed by atoms with Crippen molar-refractivity contribution in [3.8, 4) is 0 Å². The minimum Gasteiger partial charge on any atom is -0.396 e. The first-order valence-corrected chi connectivity index (χ1v) is 8.67. The molecule has 0 bridgehead atoms. The Balaban J connectivity index is 2.19. The summed E-state index contributed by atoms with van der Waals surface area (Å²) in [6.07, 6.45) is 5.26. The Bertz CT molecular complexity index is 404. The zero-order valence-corrected chi connectivity index (χ0v) is 13.3. The van der Waals surface area contributed by atoms with E-state index in [0.29, 0.717) is 6.42 Å². The maximum Gasteiger partial charge on any atom is 0.0741 e. The first kappa shape index (κ1) is 16.8. The number of rotatable bonds is 7. The van der Waals surface area contributed by atoms with Crippen LogP contribution in [0.15, 0.2) is 35.2 Å². The molecule has 1 saturated carbocycles. The molecule has 0 aromatic heterocycles. The molecule has 118 valence electrons. The molecule has 21 heavy (non-hydrogen) atoms. The van der Waals surface area contributed by atoms with Crippen LogP contribution in [0.5, 0.6) is 0 Å². The minimum absolute atomic E-state index is 0.00830. The van der Waals surface area contributed by atoms with Gasteiger partial charge < -0.3 is 15.3 Å². The molecule has 2 atom stereocenters. The van der Waals surface area contributed by atoms with E-state index in [2.05, 4.69) is 12.1 Å². The quantitative estimate of drug-likeness (QED) is 0.725. The van der Waals surface area contributed by atoms with Gasteiger partial charge in [0, 0.05) is 28.8 Å². The molecule has 3 nitrogen and oxygen atoms in total. The molecule has 0 aliphatic heterocycles. The van der Waals surface area contributed by atoms with E-state index in [1.807, 2.05) is 18.2 Å². The van der Waals surface area contributed by atoms with Crippen LogP contribution in [0.3, 0.4) is 0 Å². The van der Waals surface area contributed by atoms with Gasteiger partial charge in [-0.15, -0.1) is 11.8 Å². The lowest BCUT2D eigenvalue weighted by molar-refractivity contribution is 0.0142. The maximum atomic E-state index is 10.9. The molecule has 0 amide bonds. The third-order valence-corrected chi connectivity index (χ3v) is 6.05. The van der Waals surface area contributed by atoms with Gasteiger partial charge >= 0.3 is 0 Å². The highest BCUT2D eigenvalue weighted by Crippen LogP contribution is 2.48. The lowest BCUT2D eigenvalue weighted by Crippen LogP contribution is -2.46. The Hall–Kier alpha value is -0.550. The van der Waals surface area contributed by atoms with Crippen molar-refractivity contribution in [2.45, 2.75) is 54.3 Å². The topological polar surface area (TPSA) is 60.7 Å². The smallest absolute Gasteiger partial charge is 0.0741 e. The summed E-state index contributed by atoms with van der Waals surface area (Å²) in [5.74, 6) is -0.246. The molecule has 1 aliphatic rings. The summed E-state index contributed by atoms with van der Waals surface area (Å²) in [6.45, 7) is -0.0623. The largest absolute Gasteiger partial charge is 0.396 e. The van der Waals surface area contributed by atoms with E-state index in [-0.39, 0.29) is 23.9 Å². The number of aliphatic hydroxyl groups excluding tert-OH is 3. The highest BCUT2D eigenvalue weighted by Gasteiger charge is 2.43. The summed E-state index contributed by atoms with van der Waals surface area (Å²) < 4.78 is -0.234. The average molecular weight is 310 g/mol. The van der Waals surface area contributed by atoms with Crippen molar-refractivity contribution in [2.24, 2.45) is 5.92 Å². The fourth-order valence-electron chi connectivity index (χ4n) is 3.28. The second kappa shape index (κ2) is 8.18. The molecule has 2 rings (SSSR count). The van der Waals surface area contributed by atoms with Crippen molar-refractivity contribution in [3.63, 3.8) is 0 Å². The van der Waals surface area contributed by atoms with Crippen LogP contribution >= 0.6 is 11.8 Å². The number of benzene rings is 1. The van der Waals surface area contributed by atoms with E-state index < -0.39 is 6.10 Å². The van der Waals surface area contributed by atoms with Gasteiger partial charge in [0.2, 0.25) is 0 Å². The first-order chi connectivity index (χ1) is 10.2. The zero-order chi connectivity index (χ0) is 15.1. The van der Waals surface area contributed by atoms with Crippen LogP contribution in [-0.2, 0) is 0 Å². The predicted octanol–water partition coefficient (Wildman–Crippen LogP) is 2.83. The van der Waals surface area contributed by atoms with E-state index in [1.165, 1.54) is 11.3 Å². The molecular formula is C17H26O3S. The molecule has 0 unspecified atom stereocenters. The lowest BCUT2D eigenvalue weighted by Gasteiger charge is -2.43. The van der Waals surface area contributed by atoms with Crippen LogP contribution in [0.1, 0.15) is 38.5 Å². The van der Waals surface area contributed by atoms with Gasteiger partial charge in [-0.1, -0.05) is 37.5 Å². The number of aliphatic hydroxyl groups is 3. The molecule has 4 heteroatoms. The third kappa shape index (κ3) is 4.22. The molecule has 0 heterocycles. The molecular weight excluding hydrogens is 284 g/mol. The summed E-state index contributed by atoms with van der Waals surface area (Å²) >= 11 is 1.75. The second-order valence-corrected chi connectivity index (χ2v) is 7.43. The molecule has 1 aliphatic carbocycles. The monoisotopic (exact) mass is 310 g/mol. The van der Waals surface area contributed by atoms with Gasteiger partial charge in [0.25, 0.3) is 0 Å². The number of thioether (sulfide) groups is 1. The van der Waals surface area contributed by atoms with Gasteiger partial charge in [0.1, 0.15) is 0 Å². The summed E-state index contributed by atoms with van der Waals surface area (Å²) in [7, 11) is 0. The molecule has 0 saturated heterocycles. The van der Waals surface area contributed by atoms with Crippen molar-refractivity contribution in [2.75, 3.05) is 13.2 Å². The average Bonchev–Trinajstić information content (AvgIpc) is 2.54. The van der Waals surface area contributed by atoms with Gasteiger partial charge in [-0.05, 0) is 31.4 Å². The highest BCUT2D eigenvalue weighted by molar-refractivity contribution is 8.00. The van der Waals surface area contributed by atoms with Crippen molar-refractivity contribution in [3.05, 3.63) is 30.3 Å². The molecule has 1 aromatic carbocycles.